The Morgan fingerprint density at radius 3 is 2.33 bits per heavy atom. The fourth-order valence-corrected chi connectivity index (χ4v) is 3.92. The normalized spacial score (nSPS) is 11.0. The lowest BCUT2D eigenvalue weighted by atomic mass is 10.2. The third kappa shape index (κ3) is 6.04. The highest BCUT2D eigenvalue weighted by atomic mass is 79.9. The summed E-state index contributed by atoms with van der Waals surface area (Å²) in [5, 5.41) is 3.40. The van der Waals surface area contributed by atoms with Crippen LogP contribution in [0.5, 0.6) is 5.75 Å². The molecule has 5 heteroatoms. The average Bonchev–Trinajstić information content (AvgIpc) is 2.25. The first-order valence-electron chi connectivity index (χ1n) is 5.98. The molecule has 0 aliphatic rings. The summed E-state index contributed by atoms with van der Waals surface area (Å²) in [6, 6.07) is 3.97. The Morgan fingerprint density at radius 2 is 1.78 bits per heavy atom. The van der Waals surface area contributed by atoms with Gasteiger partial charge in [0.15, 0.2) is 0 Å². The second-order valence-corrected chi connectivity index (χ2v) is 7.12. The van der Waals surface area contributed by atoms with Gasteiger partial charge in [-0.15, -0.1) is 0 Å². The van der Waals surface area contributed by atoms with E-state index < -0.39 is 0 Å². The van der Waals surface area contributed by atoms with Crippen molar-refractivity contribution in [3.8, 4) is 5.75 Å². The molecule has 0 spiro atoms. The van der Waals surface area contributed by atoms with Gasteiger partial charge < -0.3 is 10.1 Å². The standard InChI is InChI=1S/C13H18Br3NO/c1-9(2)8-17-4-3-5-18-13-11(15)6-10(14)7-12(13)16/h6-7,9,17H,3-5,8H2,1-2H3. The molecule has 0 aliphatic carbocycles. The van der Waals surface area contributed by atoms with E-state index in [1.165, 1.54) is 0 Å². The van der Waals surface area contributed by atoms with Gasteiger partial charge >= 0.3 is 0 Å². The minimum absolute atomic E-state index is 0.695. The van der Waals surface area contributed by atoms with Crippen LogP contribution >= 0.6 is 47.8 Å². The summed E-state index contributed by atoms with van der Waals surface area (Å²) in [4.78, 5) is 0. The summed E-state index contributed by atoms with van der Waals surface area (Å²) in [5.74, 6) is 1.56. The second kappa shape index (κ2) is 8.56. The maximum atomic E-state index is 5.78. The molecule has 0 amide bonds. The number of hydrogen-bond donors (Lipinski definition) is 1. The Morgan fingerprint density at radius 1 is 1.17 bits per heavy atom. The van der Waals surface area contributed by atoms with Crippen molar-refractivity contribution in [1.29, 1.82) is 0 Å². The third-order valence-corrected chi connectivity index (χ3v) is 3.90. The summed E-state index contributed by atoms with van der Waals surface area (Å²) in [7, 11) is 0. The lowest BCUT2D eigenvalue weighted by molar-refractivity contribution is 0.303. The zero-order chi connectivity index (χ0) is 13.5. The molecule has 1 rings (SSSR count). The Bertz CT molecular complexity index is 359. The average molecular weight is 444 g/mol. The lowest BCUT2D eigenvalue weighted by Gasteiger charge is -2.11. The Labute approximate surface area is 134 Å². The third-order valence-electron chi connectivity index (χ3n) is 2.26. The summed E-state index contributed by atoms with van der Waals surface area (Å²) in [5.41, 5.74) is 0. The van der Waals surface area contributed by atoms with E-state index in [0.29, 0.717) is 12.5 Å². The van der Waals surface area contributed by atoms with Crippen molar-refractivity contribution in [2.45, 2.75) is 20.3 Å². The van der Waals surface area contributed by atoms with Gasteiger partial charge in [-0.1, -0.05) is 29.8 Å². The first-order valence-corrected chi connectivity index (χ1v) is 8.36. The fraction of sp³-hybridized carbons (Fsp3) is 0.538. The molecule has 0 fully saturated rings. The van der Waals surface area contributed by atoms with Crippen LogP contribution in [0.2, 0.25) is 0 Å². The van der Waals surface area contributed by atoms with Crippen LogP contribution in [0, 0.1) is 5.92 Å². The van der Waals surface area contributed by atoms with E-state index in [-0.39, 0.29) is 0 Å². The van der Waals surface area contributed by atoms with Crippen molar-refractivity contribution in [2.24, 2.45) is 5.92 Å². The van der Waals surface area contributed by atoms with Crippen molar-refractivity contribution in [3.63, 3.8) is 0 Å². The quantitative estimate of drug-likeness (QED) is 0.599. The van der Waals surface area contributed by atoms with E-state index in [9.17, 15) is 0 Å². The molecule has 0 aromatic heterocycles. The van der Waals surface area contributed by atoms with E-state index in [0.717, 1.165) is 38.7 Å². The van der Waals surface area contributed by atoms with Crippen LogP contribution in [0.1, 0.15) is 20.3 Å². The zero-order valence-electron chi connectivity index (χ0n) is 10.6. The van der Waals surface area contributed by atoms with Crippen LogP contribution in [-0.2, 0) is 0 Å². The largest absolute Gasteiger partial charge is 0.491 e. The van der Waals surface area contributed by atoms with Crippen LogP contribution in [0.4, 0.5) is 0 Å². The molecule has 1 N–H and O–H groups in total. The zero-order valence-corrected chi connectivity index (χ0v) is 15.4. The highest BCUT2D eigenvalue weighted by Crippen LogP contribution is 2.36. The van der Waals surface area contributed by atoms with Crippen LogP contribution in [0.25, 0.3) is 0 Å². The number of rotatable bonds is 7. The summed E-state index contributed by atoms with van der Waals surface area (Å²) in [6.45, 7) is 7.18. The maximum Gasteiger partial charge on any atom is 0.147 e. The van der Waals surface area contributed by atoms with E-state index in [1.807, 2.05) is 12.1 Å². The van der Waals surface area contributed by atoms with E-state index in [2.05, 4.69) is 67.0 Å². The van der Waals surface area contributed by atoms with E-state index >= 15 is 0 Å². The molecule has 0 saturated carbocycles. The summed E-state index contributed by atoms with van der Waals surface area (Å²) >= 11 is 10.4. The molecule has 0 saturated heterocycles. The number of hydrogen-bond acceptors (Lipinski definition) is 2. The van der Waals surface area contributed by atoms with Gasteiger partial charge in [-0.3, -0.25) is 0 Å². The van der Waals surface area contributed by atoms with Crippen LogP contribution in [-0.4, -0.2) is 19.7 Å². The molecule has 0 radical (unpaired) electrons. The molecule has 2 nitrogen and oxygen atoms in total. The molecule has 102 valence electrons. The molecule has 0 heterocycles. The molecular weight excluding hydrogens is 426 g/mol. The molecule has 0 atom stereocenters. The lowest BCUT2D eigenvalue weighted by Crippen LogP contribution is -2.22. The predicted octanol–water partition coefficient (Wildman–Crippen LogP) is 4.99. The Hall–Kier alpha value is 0.420. The Kier molecular flexibility index (Phi) is 7.84. The van der Waals surface area contributed by atoms with Gasteiger partial charge in [0.25, 0.3) is 0 Å². The number of ether oxygens (including phenoxy) is 1. The van der Waals surface area contributed by atoms with Gasteiger partial charge in [0.2, 0.25) is 0 Å². The van der Waals surface area contributed by atoms with Crippen molar-refractivity contribution in [2.75, 3.05) is 19.7 Å². The molecule has 0 aliphatic heterocycles. The molecule has 1 aromatic carbocycles. The highest BCUT2D eigenvalue weighted by Gasteiger charge is 2.07. The van der Waals surface area contributed by atoms with Crippen molar-refractivity contribution in [3.05, 3.63) is 25.6 Å². The maximum absolute atomic E-state index is 5.78. The fourth-order valence-electron chi connectivity index (χ4n) is 1.43. The summed E-state index contributed by atoms with van der Waals surface area (Å²) in [6.07, 6.45) is 1.00. The SMILES string of the molecule is CC(C)CNCCCOc1c(Br)cc(Br)cc1Br. The first kappa shape index (κ1) is 16.5. The van der Waals surface area contributed by atoms with Gasteiger partial charge in [-0.2, -0.15) is 0 Å². The number of nitrogens with one attached hydrogen (secondary N) is 1. The summed E-state index contributed by atoms with van der Waals surface area (Å²) < 4.78 is 8.71. The van der Waals surface area contributed by atoms with Crippen molar-refractivity contribution >= 4 is 47.8 Å². The second-order valence-electron chi connectivity index (χ2n) is 4.50. The minimum atomic E-state index is 0.695. The van der Waals surface area contributed by atoms with E-state index in [4.69, 9.17) is 4.74 Å². The highest BCUT2D eigenvalue weighted by molar-refractivity contribution is 9.11. The van der Waals surface area contributed by atoms with Crippen LogP contribution in [0.15, 0.2) is 25.6 Å². The molecular formula is C13H18Br3NO. The predicted molar refractivity (Wildman–Crippen MR) is 87.4 cm³/mol. The topological polar surface area (TPSA) is 21.3 Å². The smallest absolute Gasteiger partial charge is 0.147 e. The molecule has 18 heavy (non-hydrogen) atoms. The number of halogens is 3. The van der Waals surface area contributed by atoms with Gasteiger partial charge in [0, 0.05) is 4.47 Å². The molecule has 1 aromatic rings. The molecule has 0 bridgehead atoms. The monoisotopic (exact) mass is 441 g/mol. The van der Waals surface area contributed by atoms with E-state index in [1.54, 1.807) is 0 Å². The van der Waals surface area contributed by atoms with Crippen molar-refractivity contribution < 1.29 is 4.74 Å². The van der Waals surface area contributed by atoms with Gasteiger partial charge in [-0.25, -0.2) is 0 Å². The van der Waals surface area contributed by atoms with Gasteiger partial charge in [-0.05, 0) is 69.4 Å². The van der Waals surface area contributed by atoms with Crippen LogP contribution in [0.3, 0.4) is 0 Å². The van der Waals surface area contributed by atoms with Gasteiger partial charge in [0.05, 0.1) is 15.6 Å². The Balaban J connectivity index is 2.31. The molecule has 0 unspecified atom stereocenters. The van der Waals surface area contributed by atoms with Gasteiger partial charge in [0.1, 0.15) is 5.75 Å². The number of benzene rings is 1. The van der Waals surface area contributed by atoms with Crippen molar-refractivity contribution in [1.82, 2.24) is 5.32 Å². The minimum Gasteiger partial charge on any atom is -0.491 e. The van der Waals surface area contributed by atoms with Crippen LogP contribution < -0.4 is 10.1 Å². The first-order chi connectivity index (χ1) is 8.50.